The fraction of sp³-hybridized carbons (Fsp3) is 0.333. The molecule has 0 aliphatic carbocycles. The van der Waals surface area contributed by atoms with Gasteiger partial charge in [-0.3, -0.25) is 0 Å². The van der Waals surface area contributed by atoms with Crippen molar-refractivity contribution in [3.8, 4) is 11.8 Å². The van der Waals surface area contributed by atoms with Crippen LogP contribution in [0.4, 0.5) is 13.2 Å². The molecule has 0 fully saturated rings. The topological polar surface area (TPSA) is 25.8 Å². The first kappa shape index (κ1) is 12.0. The van der Waals surface area contributed by atoms with E-state index in [1.54, 1.807) is 0 Å². The van der Waals surface area contributed by atoms with Crippen molar-refractivity contribution in [3.63, 3.8) is 0 Å². The molecule has 80 valence electrons. The molecular weight excluding hydrogens is 273 g/mol. The molecule has 0 saturated carbocycles. The van der Waals surface area contributed by atoms with Gasteiger partial charge in [0.1, 0.15) is 0 Å². The third kappa shape index (κ3) is 3.88. The number of hydrogen-bond donors (Lipinski definition) is 0. The monoisotopic (exact) mass is 278 g/mol. The van der Waals surface area contributed by atoms with Gasteiger partial charge in [0, 0.05) is 24.1 Å². The van der Waals surface area contributed by atoms with Crippen molar-refractivity contribution in [2.24, 2.45) is 0 Å². The number of aromatic nitrogens is 2. The highest BCUT2D eigenvalue weighted by molar-refractivity contribution is 9.09. The molecule has 1 heterocycles. The number of nitrogens with zero attached hydrogens (tertiary/aromatic N) is 2. The molecule has 1 aromatic heterocycles. The second-order valence-electron chi connectivity index (χ2n) is 2.53. The molecular formula is C9H6BrF3N2. The predicted molar refractivity (Wildman–Crippen MR) is 52.3 cm³/mol. The minimum Gasteiger partial charge on any atom is -0.232 e. The summed E-state index contributed by atoms with van der Waals surface area (Å²) in [6, 6.07) is 0. The van der Waals surface area contributed by atoms with Crippen LogP contribution in [0.5, 0.6) is 0 Å². The van der Waals surface area contributed by atoms with E-state index in [1.165, 1.54) is 0 Å². The first-order chi connectivity index (χ1) is 7.04. The summed E-state index contributed by atoms with van der Waals surface area (Å²) in [5.41, 5.74) is 0.379. The van der Waals surface area contributed by atoms with E-state index in [-0.39, 0.29) is 0 Å². The van der Waals surface area contributed by atoms with E-state index >= 15 is 0 Å². The van der Waals surface area contributed by atoms with Crippen LogP contribution in [0.1, 0.15) is 17.8 Å². The van der Waals surface area contributed by atoms with Gasteiger partial charge < -0.3 is 0 Å². The highest BCUT2D eigenvalue weighted by atomic mass is 79.9. The minimum atomic E-state index is -4.50. The van der Waals surface area contributed by atoms with Crippen LogP contribution in [-0.4, -0.2) is 15.3 Å². The maximum Gasteiger partial charge on any atom is 0.451 e. The van der Waals surface area contributed by atoms with E-state index in [0.717, 1.165) is 17.7 Å². The van der Waals surface area contributed by atoms with Crippen LogP contribution in [0.2, 0.25) is 0 Å². The number of alkyl halides is 4. The fourth-order valence-corrected chi connectivity index (χ4v) is 0.949. The molecule has 0 aliphatic rings. The Kier molecular flexibility index (Phi) is 4.09. The van der Waals surface area contributed by atoms with Crippen molar-refractivity contribution in [2.75, 3.05) is 5.33 Å². The van der Waals surface area contributed by atoms with Gasteiger partial charge in [-0.05, 0) is 0 Å². The molecule has 0 atom stereocenters. The summed E-state index contributed by atoms with van der Waals surface area (Å²) in [5.74, 6) is 4.26. The molecule has 15 heavy (non-hydrogen) atoms. The maximum absolute atomic E-state index is 12.1. The van der Waals surface area contributed by atoms with Crippen LogP contribution >= 0.6 is 15.9 Å². The molecule has 6 heteroatoms. The first-order valence-electron chi connectivity index (χ1n) is 3.98. The van der Waals surface area contributed by atoms with Crippen LogP contribution < -0.4 is 0 Å². The standard InChI is InChI=1S/C9H6BrF3N2/c10-4-2-1-3-7-5-14-8(15-6-7)9(11,12)13/h5-6H,2,4H2. The largest absolute Gasteiger partial charge is 0.451 e. The van der Waals surface area contributed by atoms with Gasteiger partial charge in [-0.2, -0.15) is 13.2 Å². The van der Waals surface area contributed by atoms with Gasteiger partial charge in [-0.25, -0.2) is 9.97 Å². The molecule has 1 aromatic rings. The van der Waals surface area contributed by atoms with Crippen LogP contribution in [0.25, 0.3) is 0 Å². The van der Waals surface area contributed by atoms with Crippen molar-refractivity contribution in [2.45, 2.75) is 12.6 Å². The van der Waals surface area contributed by atoms with E-state index in [1.807, 2.05) is 0 Å². The van der Waals surface area contributed by atoms with E-state index < -0.39 is 12.0 Å². The van der Waals surface area contributed by atoms with Gasteiger partial charge in [0.15, 0.2) is 0 Å². The van der Waals surface area contributed by atoms with Crippen molar-refractivity contribution in [1.29, 1.82) is 0 Å². The first-order valence-corrected chi connectivity index (χ1v) is 5.10. The van der Waals surface area contributed by atoms with Crippen LogP contribution in [-0.2, 0) is 6.18 Å². The predicted octanol–water partition coefficient (Wildman–Crippen LogP) is 2.63. The van der Waals surface area contributed by atoms with Gasteiger partial charge in [0.05, 0.1) is 5.56 Å². The molecule has 2 nitrogen and oxygen atoms in total. The normalized spacial score (nSPS) is 10.7. The average Bonchev–Trinajstić information content (AvgIpc) is 2.18. The Morgan fingerprint density at radius 3 is 2.33 bits per heavy atom. The summed E-state index contributed by atoms with van der Waals surface area (Å²) < 4.78 is 36.2. The second kappa shape index (κ2) is 5.12. The average molecular weight is 279 g/mol. The third-order valence-corrected chi connectivity index (χ3v) is 1.75. The molecule has 1 rings (SSSR count). The molecule has 0 aromatic carbocycles. The molecule has 0 aliphatic heterocycles. The number of halogens is 4. The Balaban J connectivity index is 2.79. The SMILES string of the molecule is FC(F)(F)c1ncc(C#CCCBr)cn1. The summed E-state index contributed by atoms with van der Waals surface area (Å²) in [6.07, 6.45) is -1.74. The molecule has 0 unspecified atom stereocenters. The van der Waals surface area contributed by atoms with Crippen molar-refractivity contribution < 1.29 is 13.2 Å². The maximum atomic E-state index is 12.1. The molecule has 0 bridgehead atoms. The Morgan fingerprint density at radius 2 is 1.87 bits per heavy atom. The molecule has 0 amide bonds. The minimum absolute atomic E-state index is 0.379. The van der Waals surface area contributed by atoms with Crippen LogP contribution in [0, 0.1) is 11.8 Å². The molecule has 0 N–H and O–H groups in total. The van der Waals surface area contributed by atoms with Gasteiger partial charge >= 0.3 is 6.18 Å². The van der Waals surface area contributed by atoms with Crippen molar-refractivity contribution in [3.05, 3.63) is 23.8 Å². The third-order valence-electron chi connectivity index (χ3n) is 1.36. The van der Waals surface area contributed by atoms with E-state index in [9.17, 15) is 13.2 Å². The highest BCUT2D eigenvalue weighted by Crippen LogP contribution is 2.25. The van der Waals surface area contributed by atoms with E-state index in [4.69, 9.17) is 0 Å². The summed E-state index contributed by atoms with van der Waals surface area (Å²) in [7, 11) is 0. The molecule has 0 radical (unpaired) electrons. The lowest BCUT2D eigenvalue weighted by Crippen LogP contribution is -2.10. The Labute approximate surface area is 93.1 Å². The van der Waals surface area contributed by atoms with Crippen molar-refractivity contribution >= 4 is 15.9 Å². The smallest absolute Gasteiger partial charge is 0.232 e. The van der Waals surface area contributed by atoms with Gasteiger partial charge in [-0.1, -0.05) is 27.8 Å². The number of hydrogen-bond acceptors (Lipinski definition) is 2. The summed E-state index contributed by atoms with van der Waals surface area (Å²) in [5, 5.41) is 0.724. The zero-order valence-corrected chi connectivity index (χ0v) is 9.06. The summed E-state index contributed by atoms with van der Waals surface area (Å²) in [6.45, 7) is 0. The zero-order valence-electron chi connectivity index (χ0n) is 7.48. The Morgan fingerprint density at radius 1 is 1.27 bits per heavy atom. The van der Waals surface area contributed by atoms with E-state index in [0.29, 0.717) is 12.0 Å². The number of rotatable bonds is 1. The second-order valence-corrected chi connectivity index (χ2v) is 3.33. The van der Waals surface area contributed by atoms with Crippen LogP contribution in [0.3, 0.4) is 0 Å². The van der Waals surface area contributed by atoms with E-state index in [2.05, 4.69) is 37.7 Å². The molecule has 0 saturated heterocycles. The summed E-state index contributed by atoms with van der Waals surface area (Å²) >= 11 is 3.18. The van der Waals surface area contributed by atoms with Crippen LogP contribution in [0.15, 0.2) is 12.4 Å². The summed E-state index contributed by atoms with van der Waals surface area (Å²) in [4.78, 5) is 6.36. The Hall–Kier alpha value is -1.09. The zero-order chi connectivity index (χ0) is 11.3. The lowest BCUT2D eigenvalue weighted by Gasteiger charge is -2.02. The Bertz CT molecular complexity index is 375. The van der Waals surface area contributed by atoms with Gasteiger partial charge in [0.25, 0.3) is 0 Å². The fourth-order valence-electron chi connectivity index (χ4n) is 0.751. The van der Waals surface area contributed by atoms with Gasteiger partial charge in [0.2, 0.25) is 5.82 Å². The highest BCUT2D eigenvalue weighted by Gasteiger charge is 2.34. The van der Waals surface area contributed by atoms with Gasteiger partial charge in [-0.15, -0.1) is 0 Å². The quantitative estimate of drug-likeness (QED) is 0.583. The lowest BCUT2D eigenvalue weighted by molar-refractivity contribution is -0.145. The lowest BCUT2D eigenvalue weighted by atomic mass is 10.3. The molecule has 0 spiro atoms. The van der Waals surface area contributed by atoms with Crippen molar-refractivity contribution in [1.82, 2.24) is 9.97 Å².